The van der Waals surface area contributed by atoms with Crippen molar-refractivity contribution in [2.45, 2.75) is 51.4 Å². The van der Waals surface area contributed by atoms with Gasteiger partial charge in [0, 0.05) is 32.7 Å². The Balaban J connectivity index is 1.65. The number of benzene rings is 1. The van der Waals surface area contributed by atoms with Crippen molar-refractivity contribution in [3.63, 3.8) is 0 Å². The smallest absolute Gasteiger partial charge is 0.283 e. The molecule has 37 heavy (non-hydrogen) atoms. The quantitative estimate of drug-likeness (QED) is 0.450. The van der Waals surface area contributed by atoms with Crippen LogP contribution in [0.3, 0.4) is 0 Å². The number of aromatic nitrogens is 3. The molecule has 1 N–H and O–H groups in total. The number of pyridine rings is 1. The molecule has 0 atom stereocenters. The summed E-state index contributed by atoms with van der Waals surface area (Å²) in [6, 6.07) is 11.5. The molecule has 198 valence electrons. The molecular formula is C27H35N5O4S. The monoisotopic (exact) mass is 525 g/mol. The number of rotatable bonds is 9. The van der Waals surface area contributed by atoms with Crippen LogP contribution in [-0.2, 0) is 14.8 Å². The van der Waals surface area contributed by atoms with Gasteiger partial charge < -0.3 is 9.64 Å². The molecule has 1 aliphatic carbocycles. The summed E-state index contributed by atoms with van der Waals surface area (Å²) < 4.78 is 34.2. The first-order chi connectivity index (χ1) is 17.9. The summed E-state index contributed by atoms with van der Waals surface area (Å²) in [7, 11) is -2.00. The highest BCUT2D eigenvalue weighted by molar-refractivity contribution is 7.90. The van der Waals surface area contributed by atoms with E-state index in [4.69, 9.17) is 14.8 Å². The molecule has 1 aliphatic heterocycles. The van der Waals surface area contributed by atoms with Crippen LogP contribution in [0.5, 0.6) is 0 Å². The lowest BCUT2D eigenvalue weighted by molar-refractivity contribution is 0.0977. The van der Waals surface area contributed by atoms with E-state index < -0.39 is 15.9 Å². The second kappa shape index (κ2) is 10.8. The molecule has 2 aromatic heterocycles. The summed E-state index contributed by atoms with van der Waals surface area (Å²) in [4.78, 5) is 20.2. The number of fused-ring (bicyclic) bond motifs is 1. The molecule has 0 radical (unpaired) electrons. The highest BCUT2D eigenvalue weighted by Gasteiger charge is 2.32. The van der Waals surface area contributed by atoms with Gasteiger partial charge in [0.25, 0.3) is 5.91 Å². The van der Waals surface area contributed by atoms with Crippen LogP contribution in [0.4, 0.5) is 5.69 Å². The van der Waals surface area contributed by atoms with Gasteiger partial charge in [-0.1, -0.05) is 31.5 Å². The number of nitrogens with one attached hydrogen (secondary N) is 1. The number of para-hydroxylation sites is 1. The van der Waals surface area contributed by atoms with Crippen molar-refractivity contribution >= 4 is 32.7 Å². The summed E-state index contributed by atoms with van der Waals surface area (Å²) >= 11 is 0. The third-order valence-electron chi connectivity index (χ3n) is 7.45. The minimum Gasteiger partial charge on any atom is -0.384 e. The predicted octanol–water partition coefficient (Wildman–Crippen LogP) is 4.02. The van der Waals surface area contributed by atoms with Crippen molar-refractivity contribution in [2.24, 2.45) is 5.92 Å². The van der Waals surface area contributed by atoms with Crippen LogP contribution in [0, 0.1) is 5.92 Å². The molecule has 0 spiro atoms. The third-order valence-corrected chi connectivity index (χ3v) is 8.89. The van der Waals surface area contributed by atoms with Gasteiger partial charge >= 0.3 is 0 Å². The summed E-state index contributed by atoms with van der Waals surface area (Å²) in [5.41, 5.74) is 3.44. The van der Waals surface area contributed by atoms with E-state index in [9.17, 15) is 13.2 Å². The molecule has 1 amide bonds. The standard InChI is InChI=1S/C27H35N5O4S/c1-3-16-37(34,35)30-27(33)22-17-23(31-14-12-19(13-15-31)18-36-2)24-25(20-8-7-9-20)29-32(26(24)28-22)21-10-5-4-6-11-21/h4-6,10-11,17,19-20H,3,7-9,12-16,18H2,1-2H3,(H,30,33). The molecule has 2 aliphatic rings. The molecule has 1 aromatic carbocycles. The van der Waals surface area contributed by atoms with Gasteiger partial charge in [0.05, 0.1) is 28.2 Å². The molecule has 10 heteroatoms. The first-order valence-corrected chi connectivity index (χ1v) is 14.8. The van der Waals surface area contributed by atoms with Gasteiger partial charge in [-0.3, -0.25) is 4.79 Å². The fourth-order valence-corrected chi connectivity index (χ4v) is 6.32. The Labute approximate surface area is 218 Å². The zero-order valence-electron chi connectivity index (χ0n) is 21.5. The number of nitrogens with zero attached hydrogens (tertiary/aromatic N) is 4. The van der Waals surface area contributed by atoms with Crippen molar-refractivity contribution < 1.29 is 17.9 Å². The van der Waals surface area contributed by atoms with Crippen molar-refractivity contribution in [3.8, 4) is 5.69 Å². The van der Waals surface area contributed by atoms with Crippen molar-refractivity contribution in [1.82, 2.24) is 19.5 Å². The zero-order chi connectivity index (χ0) is 26.0. The van der Waals surface area contributed by atoms with E-state index in [1.807, 2.05) is 35.0 Å². The Hall–Kier alpha value is -2.98. The van der Waals surface area contributed by atoms with E-state index >= 15 is 0 Å². The number of piperidine rings is 1. The van der Waals surface area contributed by atoms with Crippen LogP contribution in [0.15, 0.2) is 36.4 Å². The molecular weight excluding hydrogens is 490 g/mol. The van der Waals surface area contributed by atoms with Gasteiger partial charge in [-0.15, -0.1) is 0 Å². The number of ether oxygens (including phenoxy) is 1. The number of carbonyl (C=O) groups excluding carboxylic acids is 1. The fraction of sp³-hybridized carbons (Fsp3) is 0.519. The number of hydrogen-bond acceptors (Lipinski definition) is 7. The van der Waals surface area contributed by atoms with E-state index in [2.05, 4.69) is 9.62 Å². The molecule has 3 heterocycles. The maximum Gasteiger partial charge on any atom is 0.283 e. The summed E-state index contributed by atoms with van der Waals surface area (Å²) in [6.07, 6.45) is 5.71. The molecule has 0 bridgehead atoms. The van der Waals surface area contributed by atoms with E-state index in [1.54, 1.807) is 20.1 Å². The second-order valence-corrected chi connectivity index (χ2v) is 12.0. The Morgan fingerprint density at radius 3 is 2.49 bits per heavy atom. The summed E-state index contributed by atoms with van der Waals surface area (Å²) in [6.45, 7) is 4.15. The molecule has 9 nitrogen and oxygen atoms in total. The Morgan fingerprint density at radius 2 is 1.86 bits per heavy atom. The normalized spacial score (nSPS) is 17.2. The van der Waals surface area contributed by atoms with E-state index in [0.29, 0.717) is 23.9 Å². The molecule has 1 saturated carbocycles. The van der Waals surface area contributed by atoms with Crippen molar-refractivity contribution in [3.05, 3.63) is 47.8 Å². The van der Waals surface area contributed by atoms with E-state index in [1.165, 1.54) is 6.42 Å². The average Bonchev–Trinajstić information content (AvgIpc) is 3.22. The predicted molar refractivity (Wildman–Crippen MR) is 144 cm³/mol. The van der Waals surface area contributed by atoms with Crippen molar-refractivity contribution in [1.29, 1.82) is 0 Å². The van der Waals surface area contributed by atoms with Gasteiger partial charge in [-0.2, -0.15) is 5.10 Å². The second-order valence-electron chi connectivity index (χ2n) is 10.1. The lowest BCUT2D eigenvalue weighted by Gasteiger charge is -2.34. The van der Waals surface area contributed by atoms with Crippen LogP contribution < -0.4 is 9.62 Å². The van der Waals surface area contributed by atoms with Gasteiger partial charge in [0.2, 0.25) is 10.0 Å². The molecule has 1 saturated heterocycles. The number of anilines is 1. The summed E-state index contributed by atoms with van der Waals surface area (Å²) in [5.74, 6) is 0.0217. The first-order valence-electron chi connectivity index (χ1n) is 13.2. The number of hydrogen-bond donors (Lipinski definition) is 1. The fourth-order valence-electron chi connectivity index (χ4n) is 5.29. The lowest BCUT2D eigenvalue weighted by atomic mass is 9.82. The topological polar surface area (TPSA) is 106 Å². The minimum absolute atomic E-state index is 0.0819. The lowest BCUT2D eigenvalue weighted by Crippen LogP contribution is -2.36. The molecule has 5 rings (SSSR count). The van der Waals surface area contributed by atoms with E-state index in [-0.39, 0.29) is 11.4 Å². The number of methoxy groups -OCH3 is 1. The molecule has 3 aromatic rings. The highest BCUT2D eigenvalue weighted by Crippen LogP contribution is 2.43. The Kier molecular flexibility index (Phi) is 7.48. The number of carbonyl (C=O) groups is 1. The SMILES string of the molecule is CCCS(=O)(=O)NC(=O)c1cc(N2CCC(COC)CC2)c2c(C3CCC3)nn(-c3ccccc3)c2n1. The largest absolute Gasteiger partial charge is 0.384 e. The van der Waals surface area contributed by atoms with Gasteiger partial charge in [0.15, 0.2) is 5.65 Å². The van der Waals surface area contributed by atoms with Crippen LogP contribution in [0.1, 0.15) is 67.5 Å². The highest BCUT2D eigenvalue weighted by atomic mass is 32.2. The van der Waals surface area contributed by atoms with Gasteiger partial charge in [0.1, 0.15) is 5.69 Å². The number of amides is 1. The van der Waals surface area contributed by atoms with E-state index in [0.717, 1.165) is 67.8 Å². The number of sulfonamides is 1. The summed E-state index contributed by atoms with van der Waals surface area (Å²) in [5, 5.41) is 6.01. The van der Waals surface area contributed by atoms with Crippen molar-refractivity contribution in [2.75, 3.05) is 37.5 Å². The average molecular weight is 526 g/mol. The maximum atomic E-state index is 13.2. The van der Waals surface area contributed by atoms with Gasteiger partial charge in [-0.25, -0.2) is 22.8 Å². The minimum atomic E-state index is -3.74. The maximum absolute atomic E-state index is 13.2. The van der Waals surface area contributed by atoms with Crippen LogP contribution in [0.25, 0.3) is 16.7 Å². The Bertz CT molecular complexity index is 1360. The molecule has 0 unspecified atom stereocenters. The zero-order valence-corrected chi connectivity index (χ0v) is 22.3. The van der Waals surface area contributed by atoms with Crippen LogP contribution in [-0.4, -0.2) is 61.6 Å². The first kappa shape index (κ1) is 25.7. The molecule has 2 fully saturated rings. The van der Waals surface area contributed by atoms with Gasteiger partial charge in [-0.05, 0) is 56.2 Å². The van der Waals surface area contributed by atoms with Crippen LogP contribution in [0.2, 0.25) is 0 Å². The Morgan fingerprint density at radius 1 is 1.14 bits per heavy atom. The van der Waals surface area contributed by atoms with Crippen LogP contribution >= 0.6 is 0 Å². The third kappa shape index (κ3) is 5.36.